The number of H-pyrrole nitrogens is 1. The van der Waals surface area contributed by atoms with Gasteiger partial charge in [-0.05, 0) is 50.3 Å². The quantitative estimate of drug-likeness (QED) is 0.891. The minimum Gasteiger partial charge on any atom is -0.376 e. The number of hydrogen-bond acceptors (Lipinski definition) is 3. The topological polar surface area (TPSA) is 67.0 Å². The van der Waals surface area contributed by atoms with E-state index in [1.165, 1.54) is 17.5 Å². The third-order valence-corrected chi connectivity index (χ3v) is 4.62. The second-order valence-corrected chi connectivity index (χ2v) is 6.38. The second kappa shape index (κ2) is 7.13. The summed E-state index contributed by atoms with van der Waals surface area (Å²) >= 11 is 0. The maximum Gasteiger partial charge on any atom is 0.220 e. The fraction of sp³-hybridized carbons (Fsp3) is 0.556. The van der Waals surface area contributed by atoms with E-state index >= 15 is 0 Å². The van der Waals surface area contributed by atoms with Crippen molar-refractivity contribution in [2.24, 2.45) is 0 Å². The molecule has 1 aromatic carbocycles. The van der Waals surface area contributed by atoms with E-state index in [4.69, 9.17) is 4.74 Å². The Labute approximate surface area is 136 Å². The van der Waals surface area contributed by atoms with Gasteiger partial charge in [-0.2, -0.15) is 0 Å². The summed E-state index contributed by atoms with van der Waals surface area (Å²) in [4.78, 5) is 19.9. The summed E-state index contributed by atoms with van der Waals surface area (Å²) in [5.41, 5.74) is 4.49. The van der Waals surface area contributed by atoms with Crippen LogP contribution in [0.15, 0.2) is 12.1 Å². The molecule has 1 fully saturated rings. The standard InChI is InChI=1S/C18H25N3O2/c1-12-6-7-15-18(13(12)2)21-16(20-15)8-9-17(22)19-11-14-5-3-4-10-23-14/h6-7,14H,3-5,8-11H2,1-2H3,(H,19,22)(H,20,21)/t14-/m1/s1. The van der Waals surface area contributed by atoms with Crippen LogP contribution in [0, 0.1) is 13.8 Å². The van der Waals surface area contributed by atoms with Crippen molar-refractivity contribution in [3.8, 4) is 0 Å². The number of carbonyl (C=O) groups is 1. The average molecular weight is 315 g/mol. The van der Waals surface area contributed by atoms with Crippen LogP contribution in [-0.2, 0) is 16.0 Å². The first-order valence-corrected chi connectivity index (χ1v) is 8.46. The van der Waals surface area contributed by atoms with Crippen LogP contribution in [0.4, 0.5) is 0 Å². The fourth-order valence-electron chi connectivity index (χ4n) is 3.00. The average Bonchev–Trinajstić information content (AvgIpc) is 2.99. The lowest BCUT2D eigenvalue weighted by Gasteiger charge is -2.22. The number of fused-ring (bicyclic) bond motifs is 1. The molecule has 1 aliphatic rings. The molecule has 1 aliphatic heterocycles. The van der Waals surface area contributed by atoms with Crippen molar-refractivity contribution in [1.82, 2.24) is 15.3 Å². The number of hydrogen-bond donors (Lipinski definition) is 2. The van der Waals surface area contributed by atoms with Gasteiger partial charge in [-0.1, -0.05) is 6.07 Å². The molecule has 1 amide bonds. The highest BCUT2D eigenvalue weighted by molar-refractivity contribution is 5.80. The zero-order valence-electron chi connectivity index (χ0n) is 13.9. The number of nitrogens with zero attached hydrogens (tertiary/aromatic N) is 1. The van der Waals surface area contributed by atoms with E-state index < -0.39 is 0 Å². The van der Waals surface area contributed by atoms with Crippen LogP contribution in [-0.4, -0.2) is 35.1 Å². The zero-order valence-corrected chi connectivity index (χ0v) is 13.9. The smallest absolute Gasteiger partial charge is 0.220 e. The molecule has 124 valence electrons. The molecule has 0 unspecified atom stereocenters. The van der Waals surface area contributed by atoms with Crippen molar-refractivity contribution < 1.29 is 9.53 Å². The van der Waals surface area contributed by atoms with Gasteiger partial charge in [0.15, 0.2) is 0 Å². The van der Waals surface area contributed by atoms with Gasteiger partial charge in [0.2, 0.25) is 5.91 Å². The summed E-state index contributed by atoms with van der Waals surface area (Å²) in [5.74, 6) is 0.935. The summed E-state index contributed by atoms with van der Waals surface area (Å²) in [6, 6.07) is 4.14. The number of imidazole rings is 1. The highest BCUT2D eigenvalue weighted by Crippen LogP contribution is 2.19. The molecule has 5 nitrogen and oxygen atoms in total. The van der Waals surface area contributed by atoms with Gasteiger partial charge in [0.1, 0.15) is 5.82 Å². The van der Waals surface area contributed by atoms with Crippen molar-refractivity contribution in [2.75, 3.05) is 13.2 Å². The normalized spacial score (nSPS) is 18.3. The Morgan fingerprint density at radius 3 is 3.04 bits per heavy atom. The van der Waals surface area contributed by atoms with Gasteiger partial charge in [-0.15, -0.1) is 0 Å². The van der Waals surface area contributed by atoms with E-state index in [9.17, 15) is 4.79 Å². The second-order valence-electron chi connectivity index (χ2n) is 6.38. The fourth-order valence-corrected chi connectivity index (χ4v) is 3.00. The number of amides is 1. The van der Waals surface area contributed by atoms with Crippen molar-refractivity contribution in [3.63, 3.8) is 0 Å². The summed E-state index contributed by atoms with van der Waals surface area (Å²) in [7, 11) is 0. The molecular formula is C18H25N3O2. The van der Waals surface area contributed by atoms with Crippen molar-refractivity contribution >= 4 is 16.9 Å². The van der Waals surface area contributed by atoms with E-state index in [2.05, 4.69) is 41.3 Å². The van der Waals surface area contributed by atoms with Crippen molar-refractivity contribution in [1.29, 1.82) is 0 Å². The first-order chi connectivity index (χ1) is 11.1. The number of rotatable bonds is 5. The summed E-state index contributed by atoms with van der Waals surface area (Å²) in [5, 5.41) is 2.97. The van der Waals surface area contributed by atoms with E-state index in [0.29, 0.717) is 19.4 Å². The summed E-state index contributed by atoms with van der Waals surface area (Å²) in [6.45, 7) is 5.61. The number of ether oxygens (including phenoxy) is 1. The van der Waals surface area contributed by atoms with Gasteiger partial charge in [0, 0.05) is 26.0 Å². The Balaban J connectivity index is 1.51. The Hall–Kier alpha value is -1.88. The molecule has 1 aromatic heterocycles. The monoisotopic (exact) mass is 315 g/mol. The number of benzene rings is 1. The lowest BCUT2D eigenvalue weighted by Crippen LogP contribution is -2.35. The van der Waals surface area contributed by atoms with Crippen molar-refractivity contribution in [2.45, 2.75) is 52.1 Å². The molecule has 3 rings (SSSR count). The van der Waals surface area contributed by atoms with Crippen molar-refractivity contribution in [3.05, 3.63) is 29.1 Å². The van der Waals surface area contributed by atoms with Crippen LogP contribution in [0.2, 0.25) is 0 Å². The number of aryl methyl sites for hydroxylation is 3. The molecule has 1 saturated heterocycles. The Morgan fingerprint density at radius 1 is 1.39 bits per heavy atom. The SMILES string of the molecule is Cc1ccc2[nH]c(CCC(=O)NC[C@H]3CCCCO3)nc2c1C. The Morgan fingerprint density at radius 2 is 2.26 bits per heavy atom. The molecule has 2 heterocycles. The van der Waals surface area contributed by atoms with Gasteiger partial charge in [0.25, 0.3) is 0 Å². The molecule has 0 spiro atoms. The zero-order chi connectivity index (χ0) is 16.2. The molecule has 2 aromatic rings. The van der Waals surface area contributed by atoms with Crippen LogP contribution in [0.5, 0.6) is 0 Å². The van der Waals surface area contributed by atoms with E-state index in [-0.39, 0.29) is 12.0 Å². The predicted octanol–water partition coefficient (Wildman–Crippen LogP) is 2.80. The number of carbonyl (C=O) groups excluding carboxylic acids is 1. The third kappa shape index (κ3) is 3.91. The molecular weight excluding hydrogens is 290 g/mol. The van der Waals surface area contributed by atoms with Gasteiger partial charge in [0.05, 0.1) is 17.1 Å². The number of nitrogens with one attached hydrogen (secondary N) is 2. The first kappa shape index (κ1) is 16.0. The maximum atomic E-state index is 12.0. The van der Waals surface area contributed by atoms with Crippen LogP contribution in [0.1, 0.15) is 42.6 Å². The van der Waals surface area contributed by atoms with Gasteiger partial charge >= 0.3 is 0 Å². The summed E-state index contributed by atoms with van der Waals surface area (Å²) < 4.78 is 5.62. The molecule has 5 heteroatoms. The lowest BCUT2D eigenvalue weighted by atomic mass is 10.1. The minimum atomic E-state index is 0.0625. The molecule has 0 bridgehead atoms. The van der Waals surface area contributed by atoms with E-state index in [0.717, 1.165) is 36.3 Å². The first-order valence-electron chi connectivity index (χ1n) is 8.46. The highest BCUT2D eigenvalue weighted by atomic mass is 16.5. The molecule has 23 heavy (non-hydrogen) atoms. The number of aromatic amines is 1. The lowest BCUT2D eigenvalue weighted by molar-refractivity contribution is -0.122. The molecule has 2 N–H and O–H groups in total. The van der Waals surface area contributed by atoms with Crippen LogP contribution in [0.25, 0.3) is 11.0 Å². The predicted molar refractivity (Wildman–Crippen MR) is 90.5 cm³/mol. The van der Waals surface area contributed by atoms with Gasteiger partial charge in [-0.25, -0.2) is 4.98 Å². The third-order valence-electron chi connectivity index (χ3n) is 4.62. The highest BCUT2D eigenvalue weighted by Gasteiger charge is 2.15. The van der Waals surface area contributed by atoms with Gasteiger partial charge < -0.3 is 15.0 Å². The van der Waals surface area contributed by atoms with Crippen LogP contribution in [0.3, 0.4) is 0 Å². The number of aromatic nitrogens is 2. The van der Waals surface area contributed by atoms with E-state index in [1.54, 1.807) is 0 Å². The maximum absolute atomic E-state index is 12.0. The van der Waals surface area contributed by atoms with Crippen LogP contribution >= 0.6 is 0 Å². The minimum absolute atomic E-state index is 0.0625. The summed E-state index contributed by atoms with van der Waals surface area (Å²) in [6.07, 6.45) is 4.63. The molecule has 1 atom stereocenters. The largest absolute Gasteiger partial charge is 0.376 e. The van der Waals surface area contributed by atoms with E-state index in [1.807, 2.05) is 0 Å². The molecule has 0 saturated carbocycles. The molecule has 0 aliphatic carbocycles. The molecule has 0 radical (unpaired) electrons. The van der Waals surface area contributed by atoms with Gasteiger partial charge in [-0.3, -0.25) is 4.79 Å². The Kier molecular flexibility index (Phi) is 4.96. The van der Waals surface area contributed by atoms with Crippen LogP contribution < -0.4 is 5.32 Å². The Bertz CT molecular complexity index is 687.